The largest absolute Gasteiger partial charge is 0.271 e. The number of benzene rings is 1. The fourth-order valence-corrected chi connectivity index (χ4v) is 1.39. The fraction of sp³-hybridized carbons (Fsp3) is 0.200. The van der Waals surface area contributed by atoms with Crippen LogP contribution in [-0.4, -0.2) is 0 Å². The maximum atomic E-state index is 13.4. The monoisotopic (exact) mass is 214 g/mol. The van der Waals surface area contributed by atoms with Crippen molar-refractivity contribution in [3.8, 4) is 0 Å². The van der Waals surface area contributed by atoms with E-state index in [0.29, 0.717) is 10.6 Å². The van der Waals surface area contributed by atoms with Crippen LogP contribution in [0.1, 0.15) is 18.5 Å². The summed E-state index contributed by atoms with van der Waals surface area (Å²) in [5, 5.41) is 0.365. The first kappa shape index (κ1) is 11.2. The molecule has 0 aliphatic carbocycles. The highest BCUT2D eigenvalue weighted by molar-refractivity contribution is 6.30. The number of nitrogens with two attached hydrogens (primary N) is 1. The average molecular weight is 215 g/mol. The molecule has 0 spiro atoms. The van der Waals surface area contributed by atoms with Gasteiger partial charge in [0.2, 0.25) is 0 Å². The molecule has 2 nitrogen and oxygen atoms in total. The highest BCUT2D eigenvalue weighted by Gasteiger charge is 2.14. The van der Waals surface area contributed by atoms with Crippen molar-refractivity contribution in [1.29, 1.82) is 0 Å². The lowest BCUT2D eigenvalue weighted by Gasteiger charge is -2.16. The van der Waals surface area contributed by atoms with Crippen molar-refractivity contribution in [2.45, 2.75) is 13.0 Å². The van der Waals surface area contributed by atoms with Crippen LogP contribution in [0.2, 0.25) is 5.02 Å². The molecular formula is C10H12ClFN2. The van der Waals surface area contributed by atoms with E-state index >= 15 is 0 Å². The molecule has 76 valence electrons. The second kappa shape index (κ2) is 4.55. The maximum absolute atomic E-state index is 13.4. The first-order valence-electron chi connectivity index (χ1n) is 4.12. The van der Waals surface area contributed by atoms with Gasteiger partial charge in [-0.2, -0.15) is 0 Å². The number of hydrazine groups is 1. The minimum atomic E-state index is -0.386. The highest BCUT2D eigenvalue weighted by Crippen LogP contribution is 2.24. The summed E-state index contributed by atoms with van der Waals surface area (Å²) < 4.78 is 13.4. The molecule has 4 heteroatoms. The SMILES string of the molecule is C=C(C)C(NN)c1ccc(Cl)cc1F. The summed E-state index contributed by atoms with van der Waals surface area (Å²) in [6, 6.07) is 4.08. The average Bonchev–Trinajstić information content (AvgIpc) is 2.09. The van der Waals surface area contributed by atoms with Crippen molar-refractivity contribution in [2.24, 2.45) is 5.84 Å². The smallest absolute Gasteiger partial charge is 0.129 e. The van der Waals surface area contributed by atoms with Crippen molar-refractivity contribution in [1.82, 2.24) is 5.43 Å². The molecule has 3 N–H and O–H groups in total. The van der Waals surface area contributed by atoms with Crippen LogP contribution in [0, 0.1) is 5.82 Å². The second-order valence-electron chi connectivity index (χ2n) is 3.11. The molecule has 0 fully saturated rings. The van der Waals surface area contributed by atoms with Gasteiger partial charge in [0.1, 0.15) is 5.82 Å². The van der Waals surface area contributed by atoms with E-state index in [9.17, 15) is 4.39 Å². The Balaban J connectivity index is 3.10. The van der Waals surface area contributed by atoms with E-state index in [4.69, 9.17) is 17.4 Å². The fourth-order valence-electron chi connectivity index (χ4n) is 1.23. The molecule has 0 aliphatic heterocycles. The van der Waals surface area contributed by atoms with Gasteiger partial charge in [-0.15, -0.1) is 0 Å². The summed E-state index contributed by atoms with van der Waals surface area (Å²) in [5.41, 5.74) is 3.69. The number of nitrogens with one attached hydrogen (secondary N) is 1. The van der Waals surface area contributed by atoms with Crippen molar-refractivity contribution in [2.75, 3.05) is 0 Å². The van der Waals surface area contributed by atoms with Gasteiger partial charge in [-0.3, -0.25) is 5.84 Å². The van der Waals surface area contributed by atoms with Crippen molar-refractivity contribution < 1.29 is 4.39 Å². The van der Waals surface area contributed by atoms with E-state index < -0.39 is 0 Å². The topological polar surface area (TPSA) is 38.0 Å². The van der Waals surface area contributed by atoms with Gasteiger partial charge < -0.3 is 0 Å². The van der Waals surface area contributed by atoms with Crippen LogP contribution in [0.15, 0.2) is 30.4 Å². The molecule has 0 bridgehead atoms. The number of hydrogen-bond acceptors (Lipinski definition) is 2. The summed E-state index contributed by atoms with van der Waals surface area (Å²) in [7, 11) is 0. The Hall–Kier alpha value is -0.900. The number of halogens is 2. The van der Waals surface area contributed by atoms with Crippen molar-refractivity contribution in [3.05, 3.63) is 46.8 Å². The minimum absolute atomic E-state index is 0.365. The van der Waals surface area contributed by atoms with E-state index in [1.165, 1.54) is 6.07 Å². The predicted octanol–water partition coefficient (Wildman–Crippen LogP) is 2.56. The Morgan fingerprint density at radius 1 is 1.64 bits per heavy atom. The maximum Gasteiger partial charge on any atom is 0.129 e. The molecule has 0 saturated carbocycles. The number of hydrogen-bond donors (Lipinski definition) is 2. The van der Waals surface area contributed by atoms with Crippen molar-refractivity contribution in [3.63, 3.8) is 0 Å². The van der Waals surface area contributed by atoms with Crippen molar-refractivity contribution >= 4 is 11.6 Å². The molecule has 1 rings (SSSR count). The van der Waals surface area contributed by atoms with Gasteiger partial charge in [0, 0.05) is 10.6 Å². The van der Waals surface area contributed by atoms with Gasteiger partial charge in [0.15, 0.2) is 0 Å². The van der Waals surface area contributed by atoms with E-state index in [2.05, 4.69) is 12.0 Å². The third-order valence-electron chi connectivity index (χ3n) is 1.93. The van der Waals surface area contributed by atoms with Gasteiger partial charge in [0.25, 0.3) is 0 Å². The van der Waals surface area contributed by atoms with Gasteiger partial charge in [-0.25, -0.2) is 9.82 Å². The highest BCUT2D eigenvalue weighted by atomic mass is 35.5. The molecule has 0 aliphatic rings. The van der Waals surface area contributed by atoms with Crippen LogP contribution in [0.4, 0.5) is 4.39 Å². The van der Waals surface area contributed by atoms with E-state index in [0.717, 1.165) is 5.57 Å². The molecule has 1 aromatic rings. The third kappa shape index (κ3) is 2.32. The lowest BCUT2D eigenvalue weighted by atomic mass is 10.0. The van der Waals surface area contributed by atoms with Gasteiger partial charge in [-0.05, 0) is 19.1 Å². The first-order valence-corrected chi connectivity index (χ1v) is 4.50. The lowest BCUT2D eigenvalue weighted by Crippen LogP contribution is -2.29. The quantitative estimate of drug-likeness (QED) is 0.461. The summed E-state index contributed by atoms with van der Waals surface area (Å²) in [6.07, 6.45) is 0. The molecule has 1 unspecified atom stereocenters. The van der Waals surface area contributed by atoms with E-state index in [-0.39, 0.29) is 11.9 Å². The predicted molar refractivity (Wildman–Crippen MR) is 56.3 cm³/mol. The molecule has 14 heavy (non-hydrogen) atoms. The molecule has 0 heterocycles. The zero-order valence-electron chi connectivity index (χ0n) is 7.85. The van der Waals surface area contributed by atoms with Crippen LogP contribution in [0.25, 0.3) is 0 Å². The van der Waals surface area contributed by atoms with Gasteiger partial charge >= 0.3 is 0 Å². The van der Waals surface area contributed by atoms with Crippen LogP contribution in [0.3, 0.4) is 0 Å². The summed E-state index contributed by atoms with van der Waals surface area (Å²) in [5.74, 6) is 4.92. The molecule has 0 radical (unpaired) electrons. The zero-order chi connectivity index (χ0) is 10.7. The normalized spacial score (nSPS) is 12.6. The Morgan fingerprint density at radius 2 is 2.29 bits per heavy atom. The Labute approximate surface area is 87.5 Å². The Morgan fingerprint density at radius 3 is 2.71 bits per heavy atom. The molecule has 1 aromatic carbocycles. The minimum Gasteiger partial charge on any atom is -0.271 e. The summed E-state index contributed by atoms with van der Waals surface area (Å²) in [6.45, 7) is 5.50. The van der Waals surface area contributed by atoms with E-state index in [1.807, 2.05) is 0 Å². The molecule has 1 atom stereocenters. The molecule has 0 saturated heterocycles. The lowest BCUT2D eigenvalue weighted by molar-refractivity contribution is 0.556. The zero-order valence-corrected chi connectivity index (χ0v) is 8.61. The van der Waals surface area contributed by atoms with Crippen LogP contribution < -0.4 is 11.3 Å². The number of rotatable bonds is 3. The Kier molecular flexibility index (Phi) is 3.63. The summed E-state index contributed by atoms with van der Waals surface area (Å²) >= 11 is 5.63. The van der Waals surface area contributed by atoms with E-state index in [1.54, 1.807) is 19.1 Å². The third-order valence-corrected chi connectivity index (χ3v) is 2.17. The van der Waals surface area contributed by atoms with Gasteiger partial charge in [0.05, 0.1) is 6.04 Å². The molecular weight excluding hydrogens is 203 g/mol. The Bertz CT molecular complexity index is 352. The van der Waals surface area contributed by atoms with Crippen LogP contribution in [0.5, 0.6) is 0 Å². The van der Waals surface area contributed by atoms with Crippen LogP contribution >= 0.6 is 11.6 Å². The first-order chi connectivity index (χ1) is 6.56. The molecule has 0 amide bonds. The van der Waals surface area contributed by atoms with Crippen LogP contribution in [-0.2, 0) is 0 Å². The second-order valence-corrected chi connectivity index (χ2v) is 3.55. The molecule has 0 aromatic heterocycles. The summed E-state index contributed by atoms with van der Waals surface area (Å²) in [4.78, 5) is 0. The van der Waals surface area contributed by atoms with Gasteiger partial charge in [-0.1, -0.05) is 29.8 Å². The standard InChI is InChI=1S/C10H12ClFN2/c1-6(2)10(14-13)8-4-3-7(11)5-9(8)12/h3-5,10,14H,1,13H2,2H3.